The number of nitrogens with one attached hydrogen (secondary N) is 2. The molecule has 21 heavy (non-hydrogen) atoms. The van der Waals surface area contributed by atoms with Crippen molar-refractivity contribution >= 4 is 22.8 Å². The molecule has 0 aliphatic rings. The minimum absolute atomic E-state index is 0.0641. The second kappa shape index (κ2) is 5.70. The molecule has 0 spiro atoms. The number of hydrogen-bond acceptors (Lipinski definition) is 4. The van der Waals surface area contributed by atoms with Crippen LogP contribution in [-0.4, -0.2) is 26.1 Å². The third kappa shape index (κ3) is 2.74. The molecule has 6 nitrogen and oxygen atoms in total. The van der Waals surface area contributed by atoms with Gasteiger partial charge in [-0.05, 0) is 6.42 Å². The minimum atomic E-state index is -0.0641. The van der Waals surface area contributed by atoms with Gasteiger partial charge in [0, 0.05) is 12.0 Å². The maximum absolute atomic E-state index is 11.7. The summed E-state index contributed by atoms with van der Waals surface area (Å²) in [5, 5.41) is 9.69. The zero-order valence-electron chi connectivity index (χ0n) is 11.6. The van der Waals surface area contributed by atoms with Crippen molar-refractivity contribution in [2.45, 2.75) is 19.8 Å². The molecule has 2 aromatic heterocycles. The summed E-state index contributed by atoms with van der Waals surface area (Å²) in [5.74, 6) is 0.990. The molecule has 0 aliphatic carbocycles. The van der Waals surface area contributed by atoms with Crippen molar-refractivity contribution < 1.29 is 4.79 Å². The van der Waals surface area contributed by atoms with Crippen LogP contribution < -0.4 is 5.32 Å². The van der Waals surface area contributed by atoms with Crippen LogP contribution in [0.5, 0.6) is 0 Å². The summed E-state index contributed by atoms with van der Waals surface area (Å²) in [6.07, 6.45) is 2.93. The summed E-state index contributed by atoms with van der Waals surface area (Å²) >= 11 is 0. The summed E-state index contributed by atoms with van der Waals surface area (Å²) in [6, 6.07) is 9.69. The third-order valence-electron chi connectivity index (χ3n) is 3.07. The average molecular weight is 281 g/mol. The predicted octanol–water partition coefficient (Wildman–Crippen LogP) is 2.76. The lowest BCUT2D eigenvalue weighted by molar-refractivity contribution is -0.116. The molecule has 0 saturated heterocycles. The molecule has 0 unspecified atom stereocenters. The topological polar surface area (TPSA) is 83.6 Å². The van der Waals surface area contributed by atoms with E-state index in [1.54, 1.807) is 6.20 Å². The normalized spacial score (nSPS) is 10.7. The number of aromatic nitrogens is 4. The second-order valence-corrected chi connectivity index (χ2v) is 4.69. The molecule has 0 atom stereocenters. The highest BCUT2D eigenvalue weighted by molar-refractivity contribution is 5.97. The Bertz CT molecular complexity index is 766. The molecule has 3 rings (SSSR count). The van der Waals surface area contributed by atoms with Crippen LogP contribution in [0, 0.1) is 0 Å². The largest absolute Gasteiger partial charge is 0.307 e. The monoisotopic (exact) mass is 281 g/mol. The number of fused-ring (bicyclic) bond motifs is 1. The highest BCUT2D eigenvalue weighted by Gasteiger charge is 2.12. The van der Waals surface area contributed by atoms with Crippen LogP contribution in [0.2, 0.25) is 0 Å². The Kier molecular flexibility index (Phi) is 3.59. The van der Waals surface area contributed by atoms with Crippen LogP contribution in [0.4, 0.5) is 5.82 Å². The summed E-state index contributed by atoms with van der Waals surface area (Å²) in [5.41, 5.74) is 2.24. The smallest absolute Gasteiger partial charge is 0.225 e. The van der Waals surface area contributed by atoms with Crippen LogP contribution in [0.25, 0.3) is 22.4 Å². The molecule has 1 aromatic carbocycles. The zero-order chi connectivity index (χ0) is 14.7. The first kappa shape index (κ1) is 13.2. The number of anilines is 1. The van der Waals surface area contributed by atoms with Crippen molar-refractivity contribution in [3.05, 3.63) is 36.5 Å². The molecule has 0 saturated carbocycles. The Morgan fingerprint density at radius 2 is 2.10 bits per heavy atom. The number of amides is 1. The van der Waals surface area contributed by atoms with E-state index < -0.39 is 0 Å². The van der Waals surface area contributed by atoms with E-state index in [2.05, 4.69) is 25.5 Å². The molecule has 1 amide bonds. The maximum Gasteiger partial charge on any atom is 0.225 e. The molecule has 106 valence electrons. The van der Waals surface area contributed by atoms with Gasteiger partial charge in [-0.2, -0.15) is 5.10 Å². The van der Waals surface area contributed by atoms with E-state index in [4.69, 9.17) is 0 Å². The second-order valence-electron chi connectivity index (χ2n) is 4.69. The van der Waals surface area contributed by atoms with Gasteiger partial charge in [-0.15, -0.1) is 0 Å². The van der Waals surface area contributed by atoms with Crippen molar-refractivity contribution in [3.63, 3.8) is 0 Å². The van der Waals surface area contributed by atoms with Crippen molar-refractivity contribution in [1.82, 2.24) is 20.2 Å². The van der Waals surface area contributed by atoms with Crippen LogP contribution in [-0.2, 0) is 4.79 Å². The van der Waals surface area contributed by atoms with Gasteiger partial charge < -0.3 is 5.32 Å². The molecule has 2 heterocycles. The van der Waals surface area contributed by atoms with Crippen molar-refractivity contribution in [3.8, 4) is 11.4 Å². The molecule has 3 aromatic rings. The molecular formula is C15H15N5O. The highest BCUT2D eigenvalue weighted by atomic mass is 16.1. The van der Waals surface area contributed by atoms with E-state index in [-0.39, 0.29) is 5.91 Å². The third-order valence-corrected chi connectivity index (χ3v) is 3.07. The van der Waals surface area contributed by atoms with E-state index in [1.165, 1.54) is 0 Å². The van der Waals surface area contributed by atoms with Gasteiger partial charge in [0.25, 0.3) is 0 Å². The number of aromatic amines is 1. The van der Waals surface area contributed by atoms with Gasteiger partial charge in [-0.25, -0.2) is 9.97 Å². The standard InChI is InChI=1S/C15H15N5O/c1-2-6-12(21)17-15-13-11(19-20-15)9-16-14(18-13)10-7-4-3-5-8-10/h3-5,7-9H,2,6H2,1H3,(H2,17,19,20,21). The van der Waals surface area contributed by atoms with Gasteiger partial charge in [-0.1, -0.05) is 37.3 Å². The Labute approximate surface area is 121 Å². The van der Waals surface area contributed by atoms with Gasteiger partial charge in [0.2, 0.25) is 5.91 Å². The van der Waals surface area contributed by atoms with E-state index in [1.807, 2.05) is 37.3 Å². The predicted molar refractivity (Wildman–Crippen MR) is 80.7 cm³/mol. The molecule has 2 N–H and O–H groups in total. The molecule has 0 bridgehead atoms. The van der Waals surface area contributed by atoms with Crippen molar-refractivity contribution in [2.24, 2.45) is 0 Å². The minimum Gasteiger partial charge on any atom is -0.307 e. The summed E-state index contributed by atoms with van der Waals surface area (Å²) < 4.78 is 0. The van der Waals surface area contributed by atoms with Crippen molar-refractivity contribution in [2.75, 3.05) is 5.32 Å². The molecule has 0 aliphatic heterocycles. The fourth-order valence-corrected chi connectivity index (χ4v) is 2.05. The lowest BCUT2D eigenvalue weighted by Gasteiger charge is -2.02. The Hall–Kier alpha value is -2.76. The highest BCUT2D eigenvalue weighted by Crippen LogP contribution is 2.21. The van der Waals surface area contributed by atoms with Crippen LogP contribution >= 0.6 is 0 Å². The Morgan fingerprint density at radius 1 is 1.29 bits per heavy atom. The first-order chi connectivity index (χ1) is 10.3. The van der Waals surface area contributed by atoms with Crippen LogP contribution in [0.15, 0.2) is 36.5 Å². The number of benzene rings is 1. The average Bonchev–Trinajstić information content (AvgIpc) is 2.91. The van der Waals surface area contributed by atoms with Gasteiger partial charge in [0.05, 0.1) is 6.20 Å². The fraction of sp³-hybridized carbons (Fsp3) is 0.200. The molecule has 0 radical (unpaired) electrons. The lowest BCUT2D eigenvalue weighted by Crippen LogP contribution is -2.11. The Balaban J connectivity index is 1.98. The lowest BCUT2D eigenvalue weighted by atomic mass is 10.2. The summed E-state index contributed by atoms with van der Waals surface area (Å²) in [7, 11) is 0. The van der Waals surface area contributed by atoms with Crippen molar-refractivity contribution in [1.29, 1.82) is 0 Å². The van der Waals surface area contributed by atoms with Crippen LogP contribution in [0.3, 0.4) is 0 Å². The molecule has 0 fully saturated rings. The van der Waals surface area contributed by atoms with Gasteiger partial charge in [-0.3, -0.25) is 9.89 Å². The number of carbonyl (C=O) groups excluding carboxylic acids is 1. The van der Waals surface area contributed by atoms with E-state index in [0.717, 1.165) is 12.0 Å². The van der Waals surface area contributed by atoms with E-state index >= 15 is 0 Å². The first-order valence-corrected chi connectivity index (χ1v) is 6.84. The summed E-state index contributed by atoms with van der Waals surface area (Å²) in [4.78, 5) is 20.5. The number of hydrogen-bond donors (Lipinski definition) is 2. The number of nitrogens with zero attached hydrogens (tertiary/aromatic N) is 3. The van der Waals surface area contributed by atoms with Gasteiger partial charge >= 0.3 is 0 Å². The number of H-pyrrole nitrogens is 1. The molecular weight excluding hydrogens is 266 g/mol. The van der Waals surface area contributed by atoms with Gasteiger partial charge in [0.1, 0.15) is 11.0 Å². The number of rotatable bonds is 4. The fourth-order valence-electron chi connectivity index (χ4n) is 2.05. The van der Waals surface area contributed by atoms with Crippen LogP contribution in [0.1, 0.15) is 19.8 Å². The number of carbonyl (C=O) groups is 1. The zero-order valence-corrected chi connectivity index (χ0v) is 11.6. The molecule has 6 heteroatoms. The quantitative estimate of drug-likeness (QED) is 0.770. The van der Waals surface area contributed by atoms with Gasteiger partial charge in [0.15, 0.2) is 11.6 Å². The van der Waals surface area contributed by atoms with E-state index in [9.17, 15) is 4.79 Å². The Morgan fingerprint density at radius 3 is 2.86 bits per heavy atom. The summed E-state index contributed by atoms with van der Waals surface area (Å²) in [6.45, 7) is 1.96. The first-order valence-electron chi connectivity index (χ1n) is 6.84. The van der Waals surface area contributed by atoms with E-state index in [0.29, 0.717) is 29.1 Å². The maximum atomic E-state index is 11.7. The SMILES string of the molecule is CCCC(=O)Nc1n[nH]c2cnc(-c3ccccc3)nc12.